The Bertz CT molecular complexity index is 473. The topological polar surface area (TPSA) is 49.4 Å². The van der Waals surface area contributed by atoms with Gasteiger partial charge in [-0.2, -0.15) is 11.8 Å². The molecule has 1 atom stereocenters. The second kappa shape index (κ2) is 7.08. The Morgan fingerprint density at radius 1 is 1.53 bits per heavy atom. The maximum atomic E-state index is 11.7. The lowest BCUT2D eigenvalue weighted by atomic mass is 10.4. The summed E-state index contributed by atoms with van der Waals surface area (Å²) in [5, 5.41) is 5.13. The number of hydrogen-bond donors (Lipinski definition) is 1. The van der Waals surface area contributed by atoms with Crippen molar-refractivity contribution in [3.63, 3.8) is 0 Å². The number of thioether (sulfide) groups is 1. The van der Waals surface area contributed by atoms with E-state index in [2.05, 4.69) is 21.7 Å². The average molecular weight is 321 g/mol. The molecule has 0 radical (unpaired) electrons. The molecular formula is C12H20N2O2S3. The van der Waals surface area contributed by atoms with Gasteiger partial charge in [0.25, 0.3) is 0 Å². The Kier molecular flexibility index (Phi) is 5.70. The molecule has 1 aromatic heterocycles. The SMILES string of the molecule is CS(=O)(=O)C1CSCCN1CCNCc1cccs1. The number of thiophene rings is 1. The number of nitrogens with zero attached hydrogens (tertiary/aromatic N) is 1. The molecule has 1 N–H and O–H groups in total. The largest absolute Gasteiger partial charge is 0.311 e. The van der Waals surface area contributed by atoms with Crippen LogP contribution in [-0.2, 0) is 16.4 Å². The normalized spacial score (nSPS) is 21.6. The van der Waals surface area contributed by atoms with Crippen LogP contribution in [0.5, 0.6) is 0 Å². The highest BCUT2D eigenvalue weighted by Gasteiger charge is 2.30. The molecule has 0 bridgehead atoms. The maximum absolute atomic E-state index is 11.7. The third kappa shape index (κ3) is 4.75. The number of rotatable bonds is 6. The van der Waals surface area contributed by atoms with E-state index in [0.29, 0.717) is 5.75 Å². The molecule has 1 aliphatic heterocycles. The van der Waals surface area contributed by atoms with Crippen LogP contribution in [0.2, 0.25) is 0 Å². The van der Waals surface area contributed by atoms with Crippen LogP contribution in [0.15, 0.2) is 17.5 Å². The first-order valence-corrected chi connectivity index (χ1v) is 10.3. The predicted molar refractivity (Wildman–Crippen MR) is 83.6 cm³/mol. The summed E-state index contributed by atoms with van der Waals surface area (Å²) in [6.07, 6.45) is 1.34. The van der Waals surface area contributed by atoms with Gasteiger partial charge in [-0.05, 0) is 11.4 Å². The Balaban J connectivity index is 1.77. The van der Waals surface area contributed by atoms with E-state index in [9.17, 15) is 8.42 Å². The van der Waals surface area contributed by atoms with E-state index in [1.165, 1.54) is 11.1 Å². The van der Waals surface area contributed by atoms with E-state index < -0.39 is 9.84 Å². The third-order valence-corrected chi connectivity index (χ3v) is 6.70. The molecule has 2 heterocycles. The van der Waals surface area contributed by atoms with Crippen LogP contribution in [0.1, 0.15) is 4.88 Å². The second-order valence-electron chi connectivity index (χ2n) is 4.65. The van der Waals surface area contributed by atoms with E-state index in [0.717, 1.165) is 31.9 Å². The third-order valence-electron chi connectivity index (χ3n) is 3.14. The van der Waals surface area contributed by atoms with E-state index >= 15 is 0 Å². The summed E-state index contributed by atoms with van der Waals surface area (Å²) in [5.74, 6) is 1.72. The molecule has 1 saturated heterocycles. The molecule has 4 nitrogen and oxygen atoms in total. The van der Waals surface area contributed by atoms with Crippen LogP contribution in [0, 0.1) is 0 Å². The highest BCUT2D eigenvalue weighted by atomic mass is 32.2. The van der Waals surface area contributed by atoms with Crippen molar-refractivity contribution in [2.45, 2.75) is 11.9 Å². The number of nitrogens with one attached hydrogen (secondary N) is 1. The summed E-state index contributed by atoms with van der Waals surface area (Å²) >= 11 is 3.47. The van der Waals surface area contributed by atoms with E-state index in [4.69, 9.17) is 0 Å². The summed E-state index contributed by atoms with van der Waals surface area (Å²) in [5.41, 5.74) is 0. The van der Waals surface area contributed by atoms with E-state index in [1.807, 2.05) is 6.07 Å². The van der Waals surface area contributed by atoms with Crippen LogP contribution in [-0.4, -0.2) is 56.1 Å². The van der Waals surface area contributed by atoms with Crippen molar-refractivity contribution in [3.8, 4) is 0 Å². The maximum Gasteiger partial charge on any atom is 0.164 e. The van der Waals surface area contributed by atoms with E-state index in [-0.39, 0.29) is 5.37 Å². The van der Waals surface area contributed by atoms with Gasteiger partial charge in [0.1, 0.15) is 5.37 Å². The minimum atomic E-state index is -2.98. The lowest BCUT2D eigenvalue weighted by molar-refractivity contribution is 0.270. The summed E-state index contributed by atoms with van der Waals surface area (Å²) < 4.78 is 23.5. The van der Waals surface area contributed by atoms with Crippen molar-refractivity contribution >= 4 is 32.9 Å². The van der Waals surface area contributed by atoms with Crippen LogP contribution in [0.4, 0.5) is 0 Å². The molecule has 0 saturated carbocycles. The van der Waals surface area contributed by atoms with Crippen molar-refractivity contribution in [1.82, 2.24) is 10.2 Å². The van der Waals surface area contributed by atoms with Crippen LogP contribution in [0.25, 0.3) is 0 Å². The quantitative estimate of drug-likeness (QED) is 0.800. The fourth-order valence-corrected chi connectivity index (χ4v) is 5.76. The molecular weight excluding hydrogens is 300 g/mol. The zero-order valence-corrected chi connectivity index (χ0v) is 13.5. The molecule has 1 aromatic rings. The van der Waals surface area contributed by atoms with Crippen LogP contribution < -0.4 is 5.32 Å². The van der Waals surface area contributed by atoms with Gasteiger partial charge in [0.05, 0.1) is 0 Å². The molecule has 2 rings (SSSR count). The highest BCUT2D eigenvalue weighted by Crippen LogP contribution is 2.19. The minimum Gasteiger partial charge on any atom is -0.311 e. The lowest BCUT2D eigenvalue weighted by Crippen LogP contribution is -2.49. The van der Waals surface area contributed by atoms with Crippen molar-refractivity contribution < 1.29 is 8.42 Å². The zero-order valence-electron chi connectivity index (χ0n) is 11.0. The number of hydrogen-bond acceptors (Lipinski definition) is 6. The fourth-order valence-electron chi connectivity index (χ4n) is 2.11. The molecule has 0 spiro atoms. The second-order valence-corrected chi connectivity index (χ2v) is 9.04. The van der Waals surface area contributed by atoms with Crippen molar-refractivity contribution in [3.05, 3.63) is 22.4 Å². The van der Waals surface area contributed by atoms with Crippen LogP contribution in [0.3, 0.4) is 0 Å². The lowest BCUT2D eigenvalue weighted by Gasteiger charge is -2.33. The summed E-state index contributed by atoms with van der Waals surface area (Å²) in [4.78, 5) is 3.40. The number of sulfone groups is 1. The highest BCUT2D eigenvalue weighted by molar-refractivity contribution is 8.00. The van der Waals surface area contributed by atoms with Crippen molar-refractivity contribution in [2.24, 2.45) is 0 Å². The summed E-state index contributed by atoms with van der Waals surface area (Å²) in [7, 11) is -2.98. The van der Waals surface area contributed by atoms with Gasteiger partial charge in [-0.1, -0.05) is 6.07 Å². The van der Waals surface area contributed by atoms with Gasteiger partial charge >= 0.3 is 0 Å². The average Bonchev–Trinajstić information content (AvgIpc) is 2.87. The molecule has 1 unspecified atom stereocenters. The molecule has 0 aliphatic carbocycles. The predicted octanol–water partition coefficient (Wildman–Crippen LogP) is 1.26. The fraction of sp³-hybridized carbons (Fsp3) is 0.667. The Morgan fingerprint density at radius 3 is 3.05 bits per heavy atom. The van der Waals surface area contributed by atoms with Gasteiger partial charge in [0, 0.05) is 48.8 Å². The van der Waals surface area contributed by atoms with Crippen molar-refractivity contribution in [1.29, 1.82) is 0 Å². The molecule has 1 fully saturated rings. The zero-order chi connectivity index (χ0) is 13.7. The van der Waals surface area contributed by atoms with Gasteiger partial charge in [-0.15, -0.1) is 11.3 Å². The Labute approximate surface area is 123 Å². The first-order valence-electron chi connectivity index (χ1n) is 6.31. The van der Waals surface area contributed by atoms with Crippen LogP contribution >= 0.6 is 23.1 Å². The molecule has 7 heteroatoms. The van der Waals surface area contributed by atoms with Gasteiger partial charge in [-0.25, -0.2) is 8.42 Å². The molecule has 0 amide bonds. The first-order chi connectivity index (χ1) is 9.07. The van der Waals surface area contributed by atoms with Gasteiger partial charge in [0.2, 0.25) is 0 Å². The van der Waals surface area contributed by atoms with Gasteiger partial charge in [0.15, 0.2) is 9.84 Å². The first kappa shape index (κ1) is 15.3. The smallest absolute Gasteiger partial charge is 0.164 e. The molecule has 1 aliphatic rings. The summed E-state index contributed by atoms with van der Waals surface area (Å²) in [6.45, 7) is 3.35. The van der Waals surface area contributed by atoms with E-state index in [1.54, 1.807) is 23.1 Å². The molecule has 19 heavy (non-hydrogen) atoms. The van der Waals surface area contributed by atoms with Gasteiger partial charge < -0.3 is 5.32 Å². The summed E-state index contributed by atoms with van der Waals surface area (Å²) in [6, 6.07) is 4.15. The molecule has 108 valence electrons. The molecule has 0 aromatic carbocycles. The Hall–Kier alpha value is -0.0800. The Morgan fingerprint density at radius 2 is 2.37 bits per heavy atom. The van der Waals surface area contributed by atoms with Crippen molar-refractivity contribution in [2.75, 3.05) is 37.4 Å². The minimum absolute atomic E-state index is 0.310. The van der Waals surface area contributed by atoms with Gasteiger partial charge in [-0.3, -0.25) is 4.90 Å². The monoisotopic (exact) mass is 320 g/mol. The standard InChI is InChI=1S/C12H20N2O2S3/c1-19(15,16)12-10-17-8-6-14(12)5-4-13-9-11-3-2-7-18-11/h2-3,7,12-13H,4-6,8-10H2,1H3.